The zero-order valence-electron chi connectivity index (χ0n) is 9.08. The van der Waals surface area contributed by atoms with E-state index in [1.54, 1.807) is 6.20 Å². The minimum atomic E-state index is -1.11. The molecule has 0 fully saturated rings. The Labute approximate surface area is 97.4 Å². The lowest BCUT2D eigenvalue weighted by molar-refractivity contribution is 0.0690. The Morgan fingerprint density at radius 3 is 2.76 bits per heavy atom. The molecule has 0 aromatic carbocycles. The molecule has 0 atom stereocenters. The van der Waals surface area contributed by atoms with E-state index in [-0.39, 0.29) is 5.69 Å². The van der Waals surface area contributed by atoms with Crippen molar-refractivity contribution in [2.75, 3.05) is 5.32 Å². The van der Waals surface area contributed by atoms with Crippen LogP contribution in [0.3, 0.4) is 0 Å². The van der Waals surface area contributed by atoms with E-state index >= 15 is 0 Å². The molecule has 2 aromatic heterocycles. The SMILES string of the molecule is Cc1ccc(Nc2cncc(C(=O)O)n2)cn1. The molecule has 0 aliphatic rings. The Hall–Kier alpha value is -2.50. The van der Waals surface area contributed by atoms with Crippen molar-refractivity contribution >= 4 is 17.5 Å². The van der Waals surface area contributed by atoms with Crippen LogP contribution in [0.1, 0.15) is 16.2 Å². The number of aromatic carboxylic acids is 1. The maximum absolute atomic E-state index is 10.7. The van der Waals surface area contributed by atoms with Gasteiger partial charge in [0.25, 0.3) is 0 Å². The molecule has 86 valence electrons. The Morgan fingerprint density at radius 1 is 1.29 bits per heavy atom. The maximum Gasteiger partial charge on any atom is 0.356 e. The lowest BCUT2D eigenvalue weighted by Gasteiger charge is -2.05. The van der Waals surface area contributed by atoms with Crippen molar-refractivity contribution in [2.45, 2.75) is 6.92 Å². The molecule has 0 unspecified atom stereocenters. The van der Waals surface area contributed by atoms with Crippen LogP contribution in [0.5, 0.6) is 0 Å². The Balaban J connectivity index is 2.21. The van der Waals surface area contributed by atoms with Gasteiger partial charge in [0.1, 0.15) is 5.82 Å². The van der Waals surface area contributed by atoms with Crippen LogP contribution in [0.2, 0.25) is 0 Å². The van der Waals surface area contributed by atoms with E-state index < -0.39 is 5.97 Å². The highest BCUT2D eigenvalue weighted by Gasteiger charge is 2.06. The molecule has 6 nitrogen and oxygen atoms in total. The van der Waals surface area contributed by atoms with E-state index in [1.165, 1.54) is 12.4 Å². The number of hydrogen-bond acceptors (Lipinski definition) is 5. The predicted octanol–water partition coefficient (Wildman–Crippen LogP) is 1.62. The second-order valence-corrected chi connectivity index (χ2v) is 3.41. The molecule has 17 heavy (non-hydrogen) atoms. The number of aromatic nitrogens is 3. The first-order chi connectivity index (χ1) is 8.15. The van der Waals surface area contributed by atoms with Gasteiger partial charge in [-0.3, -0.25) is 9.97 Å². The number of carbonyl (C=O) groups is 1. The first-order valence-corrected chi connectivity index (χ1v) is 4.90. The smallest absolute Gasteiger partial charge is 0.356 e. The van der Waals surface area contributed by atoms with Gasteiger partial charge in [0.05, 0.1) is 24.3 Å². The standard InChI is InChI=1S/C11H10N4O2/c1-7-2-3-8(4-13-7)14-10-6-12-5-9(15-10)11(16)17/h2-6H,1H3,(H,14,15)(H,16,17). The molecule has 0 saturated carbocycles. The zero-order chi connectivity index (χ0) is 12.3. The summed E-state index contributed by atoms with van der Waals surface area (Å²) in [6.07, 6.45) is 4.29. The third-order valence-electron chi connectivity index (χ3n) is 2.04. The fraction of sp³-hybridized carbons (Fsp3) is 0.0909. The summed E-state index contributed by atoms with van der Waals surface area (Å²) in [6.45, 7) is 1.88. The van der Waals surface area contributed by atoms with E-state index in [9.17, 15) is 4.79 Å². The van der Waals surface area contributed by atoms with Crippen LogP contribution in [0.15, 0.2) is 30.7 Å². The number of carboxylic acid groups (broad SMARTS) is 1. The average Bonchev–Trinajstić information content (AvgIpc) is 2.32. The summed E-state index contributed by atoms with van der Waals surface area (Å²) in [5, 5.41) is 11.7. The minimum absolute atomic E-state index is 0.102. The highest BCUT2D eigenvalue weighted by Crippen LogP contribution is 2.12. The van der Waals surface area contributed by atoms with Crippen LogP contribution in [-0.4, -0.2) is 26.0 Å². The quantitative estimate of drug-likeness (QED) is 0.833. The fourth-order valence-corrected chi connectivity index (χ4v) is 1.22. The minimum Gasteiger partial charge on any atom is -0.476 e. The van der Waals surface area contributed by atoms with Gasteiger partial charge in [0, 0.05) is 5.69 Å². The molecule has 0 aliphatic heterocycles. The number of anilines is 2. The molecular formula is C11H10N4O2. The summed E-state index contributed by atoms with van der Waals surface area (Å²) in [5.74, 6) is -0.737. The summed E-state index contributed by atoms with van der Waals surface area (Å²) in [4.78, 5) is 22.5. The van der Waals surface area contributed by atoms with E-state index in [0.29, 0.717) is 5.82 Å². The fourth-order valence-electron chi connectivity index (χ4n) is 1.22. The topological polar surface area (TPSA) is 88.0 Å². The second kappa shape index (κ2) is 4.56. The Bertz CT molecular complexity index is 539. The van der Waals surface area contributed by atoms with Crippen molar-refractivity contribution in [1.29, 1.82) is 0 Å². The molecule has 2 N–H and O–H groups in total. The lowest BCUT2D eigenvalue weighted by atomic mass is 10.3. The molecule has 0 saturated heterocycles. The van der Waals surface area contributed by atoms with Crippen LogP contribution in [0, 0.1) is 6.92 Å². The number of rotatable bonds is 3. The zero-order valence-corrected chi connectivity index (χ0v) is 9.08. The van der Waals surface area contributed by atoms with Crippen molar-refractivity contribution in [3.8, 4) is 0 Å². The summed E-state index contributed by atoms with van der Waals surface area (Å²) in [7, 11) is 0. The highest BCUT2D eigenvalue weighted by atomic mass is 16.4. The van der Waals surface area contributed by atoms with Crippen LogP contribution >= 0.6 is 0 Å². The van der Waals surface area contributed by atoms with Crippen LogP contribution in [-0.2, 0) is 0 Å². The summed E-state index contributed by atoms with van der Waals surface area (Å²) in [5.41, 5.74) is 1.53. The molecule has 0 spiro atoms. The van der Waals surface area contributed by atoms with Gasteiger partial charge >= 0.3 is 5.97 Å². The molecule has 2 heterocycles. The second-order valence-electron chi connectivity index (χ2n) is 3.41. The molecule has 0 amide bonds. The van der Waals surface area contributed by atoms with Gasteiger partial charge in [-0.1, -0.05) is 0 Å². The third kappa shape index (κ3) is 2.75. The van der Waals surface area contributed by atoms with Gasteiger partial charge in [-0.15, -0.1) is 0 Å². The molecule has 0 aliphatic carbocycles. The summed E-state index contributed by atoms with van der Waals surface area (Å²) < 4.78 is 0. The first kappa shape index (κ1) is 11.0. The number of aryl methyl sites for hydroxylation is 1. The normalized spacial score (nSPS) is 9.94. The highest BCUT2D eigenvalue weighted by molar-refractivity contribution is 5.85. The van der Waals surface area contributed by atoms with Gasteiger partial charge in [-0.05, 0) is 19.1 Å². The van der Waals surface area contributed by atoms with E-state index in [2.05, 4.69) is 20.3 Å². The molecule has 0 radical (unpaired) electrons. The molecule has 6 heteroatoms. The number of pyridine rings is 1. The van der Waals surface area contributed by atoms with Crippen LogP contribution < -0.4 is 5.32 Å². The van der Waals surface area contributed by atoms with Crippen LogP contribution in [0.4, 0.5) is 11.5 Å². The monoisotopic (exact) mass is 230 g/mol. The average molecular weight is 230 g/mol. The van der Waals surface area contributed by atoms with Crippen LogP contribution in [0.25, 0.3) is 0 Å². The molecule has 2 rings (SSSR count). The van der Waals surface area contributed by atoms with E-state index in [1.807, 2.05) is 19.1 Å². The van der Waals surface area contributed by atoms with Crippen molar-refractivity contribution in [3.05, 3.63) is 42.1 Å². The van der Waals surface area contributed by atoms with Crippen molar-refractivity contribution in [3.63, 3.8) is 0 Å². The van der Waals surface area contributed by atoms with Gasteiger partial charge in [-0.2, -0.15) is 0 Å². The largest absolute Gasteiger partial charge is 0.476 e. The number of carboxylic acids is 1. The number of hydrogen-bond donors (Lipinski definition) is 2. The van der Waals surface area contributed by atoms with Gasteiger partial charge in [-0.25, -0.2) is 9.78 Å². The maximum atomic E-state index is 10.7. The van der Waals surface area contributed by atoms with Crippen molar-refractivity contribution in [2.24, 2.45) is 0 Å². The molecule has 0 bridgehead atoms. The molecule has 2 aromatic rings. The van der Waals surface area contributed by atoms with Gasteiger partial charge in [0.15, 0.2) is 5.69 Å². The predicted molar refractivity (Wildman–Crippen MR) is 61.2 cm³/mol. The Morgan fingerprint density at radius 2 is 2.12 bits per heavy atom. The number of nitrogens with zero attached hydrogens (tertiary/aromatic N) is 3. The molecular weight excluding hydrogens is 220 g/mol. The first-order valence-electron chi connectivity index (χ1n) is 4.90. The third-order valence-corrected chi connectivity index (χ3v) is 2.04. The van der Waals surface area contributed by atoms with Gasteiger partial charge < -0.3 is 10.4 Å². The lowest BCUT2D eigenvalue weighted by Crippen LogP contribution is -2.04. The number of nitrogens with one attached hydrogen (secondary N) is 1. The van der Waals surface area contributed by atoms with E-state index in [4.69, 9.17) is 5.11 Å². The van der Waals surface area contributed by atoms with Crippen molar-refractivity contribution < 1.29 is 9.90 Å². The summed E-state index contributed by atoms with van der Waals surface area (Å²) in [6, 6.07) is 3.67. The van der Waals surface area contributed by atoms with Gasteiger partial charge in [0.2, 0.25) is 0 Å². The van der Waals surface area contributed by atoms with E-state index in [0.717, 1.165) is 11.4 Å². The summed E-state index contributed by atoms with van der Waals surface area (Å²) >= 11 is 0. The van der Waals surface area contributed by atoms with Crippen molar-refractivity contribution in [1.82, 2.24) is 15.0 Å². The Kier molecular flexibility index (Phi) is 2.95.